The number of rotatable bonds is 9. The van der Waals surface area contributed by atoms with Gasteiger partial charge in [0.2, 0.25) is 0 Å². The third-order valence-electron chi connectivity index (χ3n) is 3.75. The second-order valence-electron chi connectivity index (χ2n) is 5.45. The summed E-state index contributed by atoms with van der Waals surface area (Å²) in [6.45, 7) is 9.30. The molecule has 136 valence electrons. The summed E-state index contributed by atoms with van der Waals surface area (Å²) in [6.07, 6.45) is 2.29. The predicted octanol–water partition coefficient (Wildman–Crippen LogP) is 3.03. The Morgan fingerprint density at radius 1 is 1.00 bits per heavy atom. The monoisotopic (exact) mass is 446 g/mol. The Bertz CT molecular complexity index is 475. The van der Waals surface area contributed by atoms with Crippen LogP contribution in [0, 0.1) is 5.92 Å². The molecule has 0 aliphatic carbocycles. The first kappa shape index (κ1) is 22.7. The SMILES string of the molecule is CCNC(=NCC(CC)CC)NCCNC(=O)c1ccccc1.I. The van der Waals surface area contributed by atoms with Gasteiger partial charge in [-0.05, 0) is 25.0 Å². The Balaban J connectivity index is 0.00000529. The maximum atomic E-state index is 11.9. The van der Waals surface area contributed by atoms with Gasteiger partial charge in [-0.3, -0.25) is 9.79 Å². The molecule has 0 fully saturated rings. The fourth-order valence-electron chi connectivity index (χ4n) is 2.16. The van der Waals surface area contributed by atoms with Gasteiger partial charge < -0.3 is 16.0 Å². The quantitative estimate of drug-likeness (QED) is 0.237. The lowest BCUT2D eigenvalue weighted by molar-refractivity contribution is 0.0954. The maximum Gasteiger partial charge on any atom is 0.251 e. The van der Waals surface area contributed by atoms with E-state index >= 15 is 0 Å². The normalized spacial score (nSPS) is 10.9. The van der Waals surface area contributed by atoms with Crippen LogP contribution in [0.2, 0.25) is 0 Å². The van der Waals surface area contributed by atoms with Crippen molar-refractivity contribution in [2.24, 2.45) is 10.9 Å². The van der Waals surface area contributed by atoms with Crippen molar-refractivity contribution in [1.82, 2.24) is 16.0 Å². The molecule has 0 aliphatic rings. The van der Waals surface area contributed by atoms with Gasteiger partial charge in [-0.25, -0.2) is 0 Å². The van der Waals surface area contributed by atoms with Gasteiger partial charge in [0.15, 0.2) is 5.96 Å². The molecule has 1 aromatic carbocycles. The fraction of sp³-hybridized carbons (Fsp3) is 0.556. The van der Waals surface area contributed by atoms with Crippen LogP contribution in [0.3, 0.4) is 0 Å². The zero-order valence-electron chi connectivity index (χ0n) is 15.0. The van der Waals surface area contributed by atoms with E-state index in [2.05, 4.69) is 34.8 Å². The van der Waals surface area contributed by atoms with Crippen LogP contribution >= 0.6 is 24.0 Å². The molecule has 0 radical (unpaired) electrons. The maximum absolute atomic E-state index is 11.9. The van der Waals surface area contributed by atoms with Crippen molar-refractivity contribution in [2.45, 2.75) is 33.6 Å². The lowest BCUT2D eigenvalue weighted by atomic mass is 10.0. The molecule has 0 atom stereocenters. The number of aliphatic imine (C=N–C) groups is 1. The van der Waals surface area contributed by atoms with Gasteiger partial charge in [-0.1, -0.05) is 44.9 Å². The zero-order chi connectivity index (χ0) is 16.9. The van der Waals surface area contributed by atoms with Crippen molar-refractivity contribution >= 4 is 35.8 Å². The van der Waals surface area contributed by atoms with Crippen LogP contribution in [0.25, 0.3) is 0 Å². The number of guanidine groups is 1. The van der Waals surface area contributed by atoms with Crippen molar-refractivity contribution in [3.63, 3.8) is 0 Å². The van der Waals surface area contributed by atoms with Gasteiger partial charge in [0.25, 0.3) is 5.91 Å². The molecule has 5 nitrogen and oxygen atoms in total. The van der Waals surface area contributed by atoms with Crippen molar-refractivity contribution in [3.8, 4) is 0 Å². The van der Waals surface area contributed by atoms with Crippen LogP contribution < -0.4 is 16.0 Å². The lowest BCUT2D eigenvalue weighted by Crippen LogP contribution is -2.41. The molecule has 0 heterocycles. The number of nitrogens with zero attached hydrogens (tertiary/aromatic N) is 1. The predicted molar refractivity (Wildman–Crippen MR) is 112 cm³/mol. The largest absolute Gasteiger partial charge is 0.357 e. The number of nitrogens with one attached hydrogen (secondary N) is 3. The summed E-state index contributed by atoms with van der Waals surface area (Å²) in [5, 5.41) is 9.39. The van der Waals surface area contributed by atoms with E-state index in [9.17, 15) is 4.79 Å². The Hall–Kier alpha value is -1.31. The molecule has 0 aliphatic heterocycles. The summed E-state index contributed by atoms with van der Waals surface area (Å²) in [5.74, 6) is 1.39. The number of carbonyl (C=O) groups excluding carboxylic acids is 1. The summed E-state index contributed by atoms with van der Waals surface area (Å²) >= 11 is 0. The van der Waals surface area contributed by atoms with Crippen LogP contribution in [0.15, 0.2) is 35.3 Å². The molecule has 0 aromatic heterocycles. The molecular weight excluding hydrogens is 415 g/mol. The first-order chi connectivity index (χ1) is 11.2. The van der Waals surface area contributed by atoms with E-state index in [1.165, 1.54) is 0 Å². The van der Waals surface area contributed by atoms with Crippen LogP contribution in [-0.2, 0) is 0 Å². The first-order valence-electron chi connectivity index (χ1n) is 8.56. The standard InChI is InChI=1S/C18H30N4O.HI/c1-4-15(5-2)14-22-18(19-6-3)21-13-12-20-17(23)16-10-8-7-9-11-16;/h7-11,15H,4-6,12-14H2,1-3H3,(H,20,23)(H2,19,21,22);1H. The second-order valence-corrected chi connectivity index (χ2v) is 5.45. The van der Waals surface area contributed by atoms with Crippen molar-refractivity contribution < 1.29 is 4.79 Å². The van der Waals surface area contributed by atoms with Crippen molar-refractivity contribution in [3.05, 3.63) is 35.9 Å². The van der Waals surface area contributed by atoms with Crippen LogP contribution in [-0.4, -0.2) is 38.0 Å². The van der Waals surface area contributed by atoms with E-state index in [0.29, 0.717) is 24.6 Å². The summed E-state index contributed by atoms with van der Waals surface area (Å²) in [4.78, 5) is 16.5. The number of benzene rings is 1. The van der Waals surface area contributed by atoms with E-state index in [4.69, 9.17) is 0 Å². The highest BCUT2D eigenvalue weighted by atomic mass is 127. The molecule has 1 amide bonds. The van der Waals surface area contributed by atoms with Crippen LogP contribution in [0.5, 0.6) is 0 Å². The average molecular weight is 446 g/mol. The number of hydrogen-bond donors (Lipinski definition) is 3. The molecule has 24 heavy (non-hydrogen) atoms. The van der Waals surface area contributed by atoms with Crippen LogP contribution in [0.1, 0.15) is 44.0 Å². The van der Waals surface area contributed by atoms with Crippen molar-refractivity contribution in [1.29, 1.82) is 0 Å². The summed E-state index contributed by atoms with van der Waals surface area (Å²) in [6, 6.07) is 9.24. The molecule has 0 unspecified atom stereocenters. The fourth-order valence-corrected chi connectivity index (χ4v) is 2.16. The highest BCUT2D eigenvalue weighted by molar-refractivity contribution is 14.0. The smallest absolute Gasteiger partial charge is 0.251 e. The molecule has 3 N–H and O–H groups in total. The Morgan fingerprint density at radius 2 is 1.62 bits per heavy atom. The molecule has 1 aromatic rings. The van der Waals surface area contributed by atoms with E-state index in [1.54, 1.807) is 0 Å². The summed E-state index contributed by atoms with van der Waals surface area (Å²) < 4.78 is 0. The van der Waals surface area contributed by atoms with Gasteiger partial charge in [-0.15, -0.1) is 24.0 Å². The van der Waals surface area contributed by atoms with Gasteiger partial charge in [0.05, 0.1) is 0 Å². The zero-order valence-corrected chi connectivity index (χ0v) is 17.3. The number of carbonyl (C=O) groups is 1. The molecule has 1 rings (SSSR count). The highest BCUT2D eigenvalue weighted by Crippen LogP contribution is 2.06. The van der Waals surface area contributed by atoms with E-state index in [-0.39, 0.29) is 29.9 Å². The van der Waals surface area contributed by atoms with Gasteiger partial charge in [-0.2, -0.15) is 0 Å². The third-order valence-corrected chi connectivity index (χ3v) is 3.75. The van der Waals surface area contributed by atoms with Crippen LogP contribution in [0.4, 0.5) is 0 Å². The molecule has 0 saturated carbocycles. The lowest BCUT2D eigenvalue weighted by Gasteiger charge is -2.14. The Morgan fingerprint density at radius 3 is 2.21 bits per heavy atom. The topological polar surface area (TPSA) is 65.5 Å². The minimum Gasteiger partial charge on any atom is -0.357 e. The van der Waals surface area contributed by atoms with E-state index < -0.39 is 0 Å². The van der Waals surface area contributed by atoms with Crippen molar-refractivity contribution in [2.75, 3.05) is 26.2 Å². The minimum absolute atomic E-state index is 0. The Kier molecular flexibility index (Phi) is 13.3. The average Bonchev–Trinajstić information content (AvgIpc) is 2.59. The third kappa shape index (κ3) is 9.10. The van der Waals surface area contributed by atoms with E-state index in [0.717, 1.165) is 31.9 Å². The second kappa shape index (κ2) is 14.1. The summed E-state index contributed by atoms with van der Waals surface area (Å²) in [5.41, 5.74) is 0.682. The molecule has 6 heteroatoms. The number of halogens is 1. The number of amides is 1. The minimum atomic E-state index is -0.0497. The van der Waals surface area contributed by atoms with E-state index in [1.807, 2.05) is 37.3 Å². The van der Waals surface area contributed by atoms with Gasteiger partial charge >= 0.3 is 0 Å². The highest BCUT2D eigenvalue weighted by Gasteiger charge is 2.05. The number of hydrogen-bond acceptors (Lipinski definition) is 2. The molecule has 0 bridgehead atoms. The first-order valence-corrected chi connectivity index (χ1v) is 8.56. The molecular formula is C18H31IN4O. The van der Waals surface area contributed by atoms with Gasteiger partial charge in [0, 0.05) is 31.7 Å². The molecule has 0 saturated heterocycles. The summed E-state index contributed by atoms with van der Waals surface area (Å²) in [7, 11) is 0. The molecule has 0 spiro atoms. The van der Waals surface area contributed by atoms with Gasteiger partial charge in [0.1, 0.15) is 0 Å². The Labute approximate surface area is 163 Å².